The second-order valence-electron chi connectivity index (χ2n) is 9.24. The average molecular weight is 448 g/mol. The molecule has 170 valence electrons. The molecule has 0 radical (unpaired) electrons. The van der Waals surface area contributed by atoms with Crippen LogP contribution in [-0.4, -0.2) is 25.3 Å². The van der Waals surface area contributed by atoms with Crippen LogP contribution in [-0.2, 0) is 25.9 Å². The van der Waals surface area contributed by atoms with Crippen molar-refractivity contribution in [3.8, 4) is 22.5 Å². The standard InChI is InChI=1S/C30H29N3O/c34-24(20-33-27-17-9-7-15-25(27)26-16-8-10-18-28(26)33)19-32-21-31-29(22-11-3-1-4-12-22)30(32)23-13-5-2-6-14-23/h1-7,9,11-15,17,21,24,34H,8,10,16,18-20H2/t24-/m1/s1. The molecule has 1 atom stereocenters. The first-order valence-corrected chi connectivity index (χ1v) is 12.2. The first-order chi connectivity index (χ1) is 16.8. The van der Waals surface area contributed by atoms with Crippen LogP contribution in [0.2, 0.25) is 0 Å². The number of nitrogens with zero attached hydrogens (tertiary/aromatic N) is 3. The summed E-state index contributed by atoms with van der Waals surface area (Å²) in [7, 11) is 0. The Morgan fingerprint density at radius 3 is 2.24 bits per heavy atom. The first kappa shape index (κ1) is 20.9. The number of para-hydroxylation sites is 1. The zero-order valence-corrected chi connectivity index (χ0v) is 19.3. The summed E-state index contributed by atoms with van der Waals surface area (Å²) in [6.45, 7) is 1.08. The van der Waals surface area contributed by atoms with E-state index in [4.69, 9.17) is 4.98 Å². The van der Waals surface area contributed by atoms with Crippen molar-refractivity contribution in [3.05, 3.63) is 103 Å². The Labute approximate surface area is 200 Å². The van der Waals surface area contributed by atoms with E-state index in [1.165, 1.54) is 35.0 Å². The maximum Gasteiger partial charge on any atom is 0.0963 e. The lowest BCUT2D eigenvalue weighted by atomic mass is 9.95. The summed E-state index contributed by atoms with van der Waals surface area (Å²) in [5, 5.41) is 12.7. The molecule has 1 aliphatic carbocycles. The molecule has 2 heterocycles. The van der Waals surface area contributed by atoms with E-state index in [2.05, 4.69) is 69.8 Å². The van der Waals surface area contributed by atoms with Crippen molar-refractivity contribution in [3.63, 3.8) is 0 Å². The van der Waals surface area contributed by atoms with Gasteiger partial charge in [0.25, 0.3) is 0 Å². The van der Waals surface area contributed by atoms with Gasteiger partial charge in [0.05, 0.1) is 36.9 Å². The molecule has 0 amide bonds. The summed E-state index contributed by atoms with van der Waals surface area (Å²) in [6.07, 6.45) is 6.05. The highest BCUT2D eigenvalue weighted by Crippen LogP contribution is 2.34. The second kappa shape index (κ2) is 8.96. The molecule has 1 N–H and O–H groups in total. The zero-order valence-electron chi connectivity index (χ0n) is 19.3. The summed E-state index contributed by atoms with van der Waals surface area (Å²) in [5.74, 6) is 0. The lowest BCUT2D eigenvalue weighted by Gasteiger charge is -2.20. The molecule has 34 heavy (non-hydrogen) atoms. The van der Waals surface area contributed by atoms with Gasteiger partial charge in [-0.2, -0.15) is 0 Å². The number of aryl methyl sites for hydroxylation is 1. The van der Waals surface area contributed by atoms with Gasteiger partial charge >= 0.3 is 0 Å². The van der Waals surface area contributed by atoms with Crippen LogP contribution in [0.5, 0.6) is 0 Å². The van der Waals surface area contributed by atoms with Gasteiger partial charge in [-0.05, 0) is 37.3 Å². The van der Waals surface area contributed by atoms with Gasteiger partial charge in [-0.25, -0.2) is 4.98 Å². The van der Waals surface area contributed by atoms with Crippen molar-refractivity contribution in [2.45, 2.75) is 44.9 Å². The number of fused-ring (bicyclic) bond motifs is 3. The molecule has 4 nitrogen and oxygen atoms in total. The van der Waals surface area contributed by atoms with Gasteiger partial charge in [0.1, 0.15) is 0 Å². The highest BCUT2D eigenvalue weighted by molar-refractivity contribution is 5.86. The minimum Gasteiger partial charge on any atom is -0.389 e. The number of aliphatic hydroxyl groups excluding tert-OH is 1. The number of imidazole rings is 1. The third kappa shape index (κ3) is 3.74. The zero-order chi connectivity index (χ0) is 22.9. The molecular formula is C30H29N3O. The van der Waals surface area contributed by atoms with E-state index in [0.29, 0.717) is 13.1 Å². The van der Waals surface area contributed by atoms with Gasteiger partial charge in [0.15, 0.2) is 0 Å². The Hall–Kier alpha value is -3.63. The van der Waals surface area contributed by atoms with E-state index in [0.717, 1.165) is 35.4 Å². The van der Waals surface area contributed by atoms with E-state index in [9.17, 15) is 5.11 Å². The quantitative estimate of drug-likeness (QED) is 0.341. The van der Waals surface area contributed by atoms with Gasteiger partial charge in [0.2, 0.25) is 0 Å². The number of hydrogen-bond donors (Lipinski definition) is 1. The minimum absolute atomic E-state index is 0.491. The molecule has 0 fully saturated rings. The fourth-order valence-corrected chi connectivity index (χ4v) is 5.52. The number of aromatic nitrogens is 3. The molecule has 0 aliphatic heterocycles. The Morgan fingerprint density at radius 1 is 0.765 bits per heavy atom. The van der Waals surface area contributed by atoms with E-state index < -0.39 is 6.10 Å². The van der Waals surface area contributed by atoms with Crippen LogP contribution in [0.15, 0.2) is 91.3 Å². The van der Waals surface area contributed by atoms with Crippen LogP contribution < -0.4 is 0 Å². The van der Waals surface area contributed by atoms with E-state index in [1.54, 1.807) is 0 Å². The Kier molecular flexibility index (Phi) is 5.52. The fraction of sp³-hybridized carbons (Fsp3) is 0.233. The van der Waals surface area contributed by atoms with Crippen LogP contribution in [0.4, 0.5) is 0 Å². The number of hydrogen-bond acceptors (Lipinski definition) is 2. The van der Waals surface area contributed by atoms with Crippen molar-refractivity contribution in [2.75, 3.05) is 0 Å². The molecule has 2 aromatic heterocycles. The van der Waals surface area contributed by atoms with Gasteiger partial charge in [0, 0.05) is 27.7 Å². The van der Waals surface area contributed by atoms with Gasteiger partial charge in [-0.1, -0.05) is 78.9 Å². The summed E-state index contributed by atoms with van der Waals surface area (Å²) in [6, 6.07) is 29.3. The molecule has 5 aromatic rings. The number of rotatable bonds is 6. The average Bonchev–Trinajstić information content (AvgIpc) is 3.45. The fourth-order valence-electron chi connectivity index (χ4n) is 5.52. The molecule has 4 heteroatoms. The van der Waals surface area contributed by atoms with E-state index in [-0.39, 0.29) is 0 Å². The van der Waals surface area contributed by atoms with Crippen molar-refractivity contribution in [2.24, 2.45) is 0 Å². The van der Waals surface area contributed by atoms with Crippen molar-refractivity contribution in [1.82, 2.24) is 14.1 Å². The molecule has 0 saturated heterocycles. The summed E-state index contributed by atoms with van der Waals surface area (Å²) < 4.78 is 4.48. The smallest absolute Gasteiger partial charge is 0.0963 e. The Balaban J connectivity index is 1.36. The lowest BCUT2D eigenvalue weighted by molar-refractivity contribution is 0.135. The topological polar surface area (TPSA) is 43.0 Å². The predicted octanol–water partition coefficient (Wildman–Crippen LogP) is 6.11. The van der Waals surface area contributed by atoms with Crippen molar-refractivity contribution >= 4 is 10.9 Å². The molecule has 0 unspecified atom stereocenters. The number of benzene rings is 3. The first-order valence-electron chi connectivity index (χ1n) is 12.2. The van der Waals surface area contributed by atoms with E-state index >= 15 is 0 Å². The summed E-state index contributed by atoms with van der Waals surface area (Å²) >= 11 is 0. The molecule has 0 bridgehead atoms. The highest BCUT2D eigenvalue weighted by atomic mass is 16.3. The lowest BCUT2D eigenvalue weighted by Crippen LogP contribution is -2.24. The van der Waals surface area contributed by atoms with Crippen LogP contribution in [0.25, 0.3) is 33.4 Å². The molecule has 1 aliphatic rings. The SMILES string of the molecule is O[C@H](Cn1cnc(-c2ccccc2)c1-c1ccccc1)Cn1c2c(c3ccccc31)CCCC2. The third-order valence-corrected chi connectivity index (χ3v) is 7.02. The van der Waals surface area contributed by atoms with E-state index in [1.807, 2.05) is 30.6 Å². The molecule has 0 saturated carbocycles. The number of aliphatic hydroxyl groups is 1. The molecule has 3 aromatic carbocycles. The van der Waals surface area contributed by atoms with Crippen LogP contribution >= 0.6 is 0 Å². The monoisotopic (exact) mass is 447 g/mol. The van der Waals surface area contributed by atoms with Crippen LogP contribution in [0.3, 0.4) is 0 Å². The molecule has 0 spiro atoms. The summed E-state index contributed by atoms with van der Waals surface area (Å²) in [4.78, 5) is 4.78. The molecular weight excluding hydrogens is 418 g/mol. The van der Waals surface area contributed by atoms with Crippen LogP contribution in [0, 0.1) is 0 Å². The largest absolute Gasteiger partial charge is 0.389 e. The maximum absolute atomic E-state index is 11.3. The van der Waals surface area contributed by atoms with Crippen molar-refractivity contribution in [1.29, 1.82) is 0 Å². The second-order valence-corrected chi connectivity index (χ2v) is 9.24. The minimum atomic E-state index is -0.526. The maximum atomic E-state index is 11.3. The van der Waals surface area contributed by atoms with Crippen molar-refractivity contribution < 1.29 is 5.11 Å². The van der Waals surface area contributed by atoms with Crippen LogP contribution in [0.1, 0.15) is 24.1 Å². The van der Waals surface area contributed by atoms with Gasteiger partial charge < -0.3 is 14.2 Å². The normalized spacial score (nSPS) is 14.3. The highest BCUT2D eigenvalue weighted by Gasteiger charge is 2.22. The third-order valence-electron chi connectivity index (χ3n) is 7.02. The summed E-state index contributed by atoms with van der Waals surface area (Å²) in [5.41, 5.74) is 8.31. The van der Waals surface area contributed by atoms with Gasteiger partial charge in [-0.15, -0.1) is 0 Å². The van der Waals surface area contributed by atoms with Gasteiger partial charge in [-0.3, -0.25) is 0 Å². The molecule has 6 rings (SSSR count). The Morgan fingerprint density at radius 2 is 1.44 bits per heavy atom. The predicted molar refractivity (Wildman–Crippen MR) is 138 cm³/mol. The Bertz CT molecular complexity index is 1420.